The molecule has 23 heavy (non-hydrogen) atoms. The second-order valence-electron chi connectivity index (χ2n) is 6.80. The maximum absolute atomic E-state index is 12.7. The average molecular weight is 320 g/mol. The van der Waals surface area contributed by atoms with Crippen LogP contribution in [0.4, 0.5) is 0 Å². The molecule has 1 fully saturated rings. The average Bonchev–Trinajstić information content (AvgIpc) is 2.54. The van der Waals surface area contributed by atoms with Crippen molar-refractivity contribution in [2.24, 2.45) is 5.41 Å². The Balaban J connectivity index is 2.17. The highest BCUT2D eigenvalue weighted by molar-refractivity contribution is 5.91. The number of hydrogen-bond acceptors (Lipinski definition) is 4. The van der Waals surface area contributed by atoms with E-state index in [1.165, 1.54) is 0 Å². The molecule has 0 bridgehead atoms. The van der Waals surface area contributed by atoms with E-state index in [1.807, 2.05) is 32.0 Å². The summed E-state index contributed by atoms with van der Waals surface area (Å²) in [6.45, 7) is 5.33. The van der Waals surface area contributed by atoms with Gasteiger partial charge in [-0.25, -0.2) is 0 Å². The van der Waals surface area contributed by atoms with Crippen LogP contribution >= 0.6 is 0 Å². The Labute approximate surface area is 139 Å². The van der Waals surface area contributed by atoms with Crippen molar-refractivity contribution in [1.29, 1.82) is 0 Å². The number of ether oxygens (including phenoxy) is 3. The largest absolute Gasteiger partial charge is 0.493 e. The highest BCUT2D eigenvalue weighted by Crippen LogP contribution is 2.42. The van der Waals surface area contributed by atoms with Gasteiger partial charge < -0.3 is 14.2 Å². The normalized spacial score (nSPS) is 20.3. The van der Waals surface area contributed by atoms with Crippen LogP contribution in [0.5, 0.6) is 11.5 Å². The zero-order valence-electron chi connectivity index (χ0n) is 14.7. The van der Waals surface area contributed by atoms with Gasteiger partial charge in [0.1, 0.15) is 5.78 Å². The van der Waals surface area contributed by atoms with Gasteiger partial charge in [-0.2, -0.15) is 0 Å². The van der Waals surface area contributed by atoms with Crippen LogP contribution in [0.15, 0.2) is 18.2 Å². The first-order valence-electron chi connectivity index (χ1n) is 8.33. The van der Waals surface area contributed by atoms with Crippen molar-refractivity contribution in [2.75, 3.05) is 27.4 Å². The van der Waals surface area contributed by atoms with Gasteiger partial charge in [0.05, 0.1) is 13.7 Å². The molecule has 4 nitrogen and oxygen atoms in total. The van der Waals surface area contributed by atoms with E-state index in [4.69, 9.17) is 14.2 Å². The van der Waals surface area contributed by atoms with Crippen molar-refractivity contribution in [3.05, 3.63) is 23.8 Å². The molecule has 0 aliphatic heterocycles. The van der Waals surface area contributed by atoms with Crippen LogP contribution in [-0.4, -0.2) is 33.2 Å². The molecular weight excluding hydrogens is 292 g/mol. The first-order chi connectivity index (χ1) is 11.0. The van der Waals surface area contributed by atoms with Crippen molar-refractivity contribution in [2.45, 2.75) is 45.4 Å². The molecule has 1 aromatic rings. The number of hydrogen-bond donors (Lipinski definition) is 0. The van der Waals surface area contributed by atoms with Crippen LogP contribution in [0.2, 0.25) is 0 Å². The van der Waals surface area contributed by atoms with Gasteiger partial charge in [-0.05, 0) is 30.5 Å². The number of Topliss-reactive ketones (excluding diaryl/α,β-unsaturated/α-hetero) is 1. The minimum atomic E-state index is -0.234. The third kappa shape index (κ3) is 4.25. The smallest absolute Gasteiger partial charge is 0.161 e. The lowest BCUT2D eigenvalue weighted by Gasteiger charge is -2.34. The number of carbonyl (C=O) groups is 1. The van der Waals surface area contributed by atoms with Crippen molar-refractivity contribution < 1.29 is 19.0 Å². The van der Waals surface area contributed by atoms with E-state index in [9.17, 15) is 4.79 Å². The summed E-state index contributed by atoms with van der Waals surface area (Å²) in [7, 11) is 3.31. The number of carbonyl (C=O) groups excluding carboxylic acids is 1. The molecule has 1 saturated carbocycles. The Morgan fingerprint density at radius 2 is 1.96 bits per heavy atom. The van der Waals surface area contributed by atoms with Crippen molar-refractivity contribution in [1.82, 2.24) is 0 Å². The number of rotatable bonds is 7. The predicted molar refractivity (Wildman–Crippen MR) is 90.4 cm³/mol. The monoisotopic (exact) mass is 320 g/mol. The Kier molecular flexibility index (Phi) is 6.05. The number of methoxy groups -OCH3 is 2. The van der Waals surface area contributed by atoms with Crippen LogP contribution in [0, 0.1) is 5.41 Å². The highest BCUT2D eigenvalue weighted by atomic mass is 16.5. The lowest BCUT2D eigenvalue weighted by Crippen LogP contribution is -2.33. The summed E-state index contributed by atoms with van der Waals surface area (Å²) >= 11 is 0. The molecule has 1 unspecified atom stereocenters. The predicted octanol–water partition coefficient (Wildman–Crippen LogP) is 3.97. The summed E-state index contributed by atoms with van der Waals surface area (Å²) in [6, 6.07) is 5.86. The third-order valence-electron chi connectivity index (χ3n) is 4.62. The summed E-state index contributed by atoms with van der Waals surface area (Å²) < 4.78 is 16.2. The summed E-state index contributed by atoms with van der Waals surface area (Å²) in [5, 5.41) is 0. The maximum atomic E-state index is 12.7. The first kappa shape index (κ1) is 17.8. The van der Waals surface area contributed by atoms with E-state index in [0.29, 0.717) is 30.5 Å². The van der Waals surface area contributed by atoms with Gasteiger partial charge in [-0.15, -0.1) is 0 Å². The Bertz CT molecular complexity index is 536. The van der Waals surface area contributed by atoms with Gasteiger partial charge in [0.25, 0.3) is 0 Å². The standard InChI is InChI=1S/C19H28O4/c1-19(2)10-5-7-15(18(19)20)14-8-9-16(22-4)17(13-14)23-12-6-11-21-3/h8-9,13,15H,5-7,10-12H2,1-4H3. The van der Waals surface area contributed by atoms with E-state index in [-0.39, 0.29) is 11.3 Å². The van der Waals surface area contributed by atoms with E-state index < -0.39 is 0 Å². The van der Waals surface area contributed by atoms with Crippen LogP contribution in [-0.2, 0) is 9.53 Å². The second-order valence-corrected chi connectivity index (χ2v) is 6.80. The van der Waals surface area contributed by atoms with Gasteiger partial charge in [0.15, 0.2) is 11.5 Å². The van der Waals surface area contributed by atoms with Gasteiger partial charge >= 0.3 is 0 Å². The van der Waals surface area contributed by atoms with Crippen molar-refractivity contribution >= 4 is 5.78 Å². The molecule has 0 aromatic heterocycles. The van der Waals surface area contributed by atoms with Crippen LogP contribution < -0.4 is 9.47 Å². The molecule has 0 saturated heterocycles. The molecule has 128 valence electrons. The first-order valence-corrected chi connectivity index (χ1v) is 8.33. The fraction of sp³-hybridized carbons (Fsp3) is 0.632. The summed E-state index contributed by atoms with van der Waals surface area (Å²) in [4.78, 5) is 12.7. The fourth-order valence-corrected chi connectivity index (χ4v) is 3.20. The van der Waals surface area contributed by atoms with E-state index in [1.54, 1.807) is 14.2 Å². The number of ketones is 1. The molecule has 1 aromatic carbocycles. The SMILES string of the molecule is COCCCOc1cc(C2CCCC(C)(C)C2=O)ccc1OC. The zero-order valence-corrected chi connectivity index (χ0v) is 14.7. The minimum absolute atomic E-state index is 0.0361. The molecule has 0 radical (unpaired) electrons. The highest BCUT2D eigenvalue weighted by Gasteiger charge is 2.38. The van der Waals surface area contributed by atoms with E-state index in [2.05, 4.69) is 0 Å². The summed E-state index contributed by atoms with van der Waals surface area (Å²) in [5.41, 5.74) is 0.799. The molecule has 0 N–H and O–H groups in total. The molecule has 0 amide bonds. The van der Waals surface area contributed by atoms with Crippen molar-refractivity contribution in [3.8, 4) is 11.5 Å². The molecule has 4 heteroatoms. The van der Waals surface area contributed by atoms with Crippen LogP contribution in [0.25, 0.3) is 0 Å². The summed E-state index contributed by atoms with van der Waals surface area (Å²) in [5.74, 6) is 1.70. The van der Waals surface area contributed by atoms with Gasteiger partial charge in [0, 0.05) is 31.5 Å². The van der Waals surface area contributed by atoms with Gasteiger partial charge in [-0.1, -0.05) is 26.3 Å². The fourth-order valence-electron chi connectivity index (χ4n) is 3.20. The van der Waals surface area contributed by atoms with Crippen LogP contribution in [0.1, 0.15) is 51.0 Å². The third-order valence-corrected chi connectivity index (χ3v) is 4.62. The Morgan fingerprint density at radius 1 is 1.17 bits per heavy atom. The quantitative estimate of drug-likeness (QED) is 0.713. The zero-order chi connectivity index (χ0) is 16.9. The van der Waals surface area contributed by atoms with Crippen LogP contribution in [0.3, 0.4) is 0 Å². The maximum Gasteiger partial charge on any atom is 0.161 e. The van der Waals surface area contributed by atoms with Gasteiger partial charge in [-0.3, -0.25) is 4.79 Å². The molecule has 2 rings (SSSR count). The van der Waals surface area contributed by atoms with Crippen molar-refractivity contribution in [3.63, 3.8) is 0 Å². The summed E-state index contributed by atoms with van der Waals surface area (Å²) in [6.07, 6.45) is 3.79. The Morgan fingerprint density at radius 3 is 2.65 bits per heavy atom. The minimum Gasteiger partial charge on any atom is -0.493 e. The van der Waals surface area contributed by atoms with E-state index >= 15 is 0 Å². The topological polar surface area (TPSA) is 44.8 Å². The Hall–Kier alpha value is -1.55. The second kappa shape index (κ2) is 7.82. The molecular formula is C19H28O4. The molecule has 1 atom stereocenters. The molecule has 0 heterocycles. The number of benzene rings is 1. The lowest BCUT2D eigenvalue weighted by molar-refractivity contribution is -0.131. The van der Waals surface area contributed by atoms with Gasteiger partial charge in [0.2, 0.25) is 0 Å². The lowest BCUT2D eigenvalue weighted by atomic mass is 9.69. The van der Waals surface area contributed by atoms with E-state index in [0.717, 1.165) is 31.2 Å². The molecule has 1 aliphatic carbocycles. The molecule has 1 aliphatic rings. The molecule has 0 spiro atoms.